The Kier molecular flexibility index (Phi) is 4.32. The molecule has 1 rings (SSSR count). The van der Waals surface area contributed by atoms with Gasteiger partial charge in [-0.05, 0) is 25.7 Å². The van der Waals surface area contributed by atoms with Crippen LogP contribution < -0.4 is 4.72 Å². The first-order valence-corrected chi connectivity index (χ1v) is 7.25. The fourth-order valence-corrected chi connectivity index (χ4v) is 3.00. The van der Waals surface area contributed by atoms with Gasteiger partial charge in [-0.1, -0.05) is 20.8 Å². The lowest BCUT2D eigenvalue weighted by Crippen LogP contribution is -2.30. The number of aromatic nitrogens is 2. The topological polar surface area (TPSA) is 74.8 Å². The summed E-state index contributed by atoms with van der Waals surface area (Å²) in [7, 11) is -3.45. The molecular weight excluding hydrogens is 238 g/mol. The van der Waals surface area contributed by atoms with Crippen molar-refractivity contribution in [1.29, 1.82) is 0 Å². The van der Waals surface area contributed by atoms with Gasteiger partial charge in [0.1, 0.15) is 4.90 Å². The third kappa shape index (κ3) is 3.29. The van der Waals surface area contributed by atoms with E-state index in [0.29, 0.717) is 29.8 Å². The Morgan fingerprint density at radius 2 is 1.88 bits per heavy atom. The molecule has 0 aliphatic rings. The number of aromatic amines is 1. The van der Waals surface area contributed by atoms with Crippen molar-refractivity contribution in [3.63, 3.8) is 0 Å². The van der Waals surface area contributed by atoms with Crippen LogP contribution >= 0.6 is 0 Å². The molecule has 1 heterocycles. The highest BCUT2D eigenvalue weighted by molar-refractivity contribution is 7.89. The SMILES string of the molecule is Cc1n[nH]c(C)c1S(=O)(=O)NCC(C)C(C)C. The first-order valence-electron chi connectivity index (χ1n) is 5.77. The molecule has 2 N–H and O–H groups in total. The van der Waals surface area contributed by atoms with Crippen molar-refractivity contribution in [1.82, 2.24) is 14.9 Å². The number of sulfonamides is 1. The normalized spacial score (nSPS) is 14.2. The van der Waals surface area contributed by atoms with Crippen molar-refractivity contribution in [2.45, 2.75) is 39.5 Å². The number of nitrogens with one attached hydrogen (secondary N) is 2. The van der Waals surface area contributed by atoms with Crippen LogP contribution in [0.15, 0.2) is 4.90 Å². The van der Waals surface area contributed by atoms with Gasteiger partial charge in [0.15, 0.2) is 0 Å². The summed E-state index contributed by atoms with van der Waals surface area (Å²) in [4.78, 5) is 0.272. The summed E-state index contributed by atoms with van der Waals surface area (Å²) < 4.78 is 26.8. The van der Waals surface area contributed by atoms with Crippen LogP contribution in [0.2, 0.25) is 0 Å². The Bertz CT molecular complexity index is 457. The molecule has 0 aliphatic heterocycles. The molecule has 1 unspecified atom stereocenters. The molecule has 0 fully saturated rings. The van der Waals surface area contributed by atoms with Crippen molar-refractivity contribution >= 4 is 10.0 Å². The number of hydrogen-bond acceptors (Lipinski definition) is 3. The van der Waals surface area contributed by atoms with Gasteiger partial charge in [0, 0.05) is 6.54 Å². The average Bonchev–Trinajstić information content (AvgIpc) is 2.55. The van der Waals surface area contributed by atoms with Gasteiger partial charge in [-0.3, -0.25) is 5.10 Å². The molecule has 98 valence electrons. The van der Waals surface area contributed by atoms with Gasteiger partial charge in [-0.15, -0.1) is 0 Å². The van der Waals surface area contributed by atoms with E-state index in [2.05, 4.69) is 28.8 Å². The van der Waals surface area contributed by atoms with E-state index < -0.39 is 10.0 Å². The zero-order valence-corrected chi connectivity index (χ0v) is 11.9. The van der Waals surface area contributed by atoms with Gasteiger partial charge in [0.2, 0.25) is 10.0 Å². The summed E-state index contributed by atoms with van der Waals surface area (Å²) in [6.45, 7) is 10.0. The molecule has 1 atom stereocenters. The van der Waals surface area contributed by atoms with Crippen molar-refractivity contribution in [2.24, 2.45) is 11.8 Å². The zero-order chi connectivity index (χ0) is 13.2. The van der Waals surface area contributed by atoms with Crippen LogP contribution in [0.5, 0.6) is 0 Å². The van der Waals surface area contributed by atoms with Crippen LogP contribution in [0.25, 0.3) is 0 Å². The quantitative estimate of drug-likeness (QED) is 0.843. The highest BCUT2D eigenvalue weighted by Crippen LogP contribution is 2.17. The third-order valence-corrected chi connectivity index (χ3v) is 4.75. The lowest BCUT2D eigenvalue weighted by atomic mass is 9.99. The fraction of sp³-hybridized carbons (Fsp3) is 0.727. The van der Waals surface area contributed by atoms with Crippen LogP contribution in [-0.2, 0) is 10.0 Å². The Labute approximate surface area is 103 Å². The molecule has 0 aromatic carbocycles. The molecule has 0 amide bonds. The Balaban J connectivity index is 2.84. The largest absolute Gasteiger partial charge is 0.281 e. The van der Waals surface area contributed by atoms with Gasteiger partial charge >= 0.3 is 0 Å². The second-order valence-electron chi connectivity index (χ2n) is 4.84. The van der Waals surface area contributed by atoms with Crippen LogP contribution in [-0.4, -0.2) is 25.2 Å². The van der Waals surface area contributed by atoms with E-state index in [4.69, 9.17) is 0 Å². The van der Waals surface area contributed by atoms with Gasteiger partial charge in [-0.25, -0.2) is 13.1 Å². The molecule has 5 nitrogen and oxygen atoms in total. The molecule has 1 aromatic rings. The van der Waals surface area contributed by atoms with E-state index in [0.717, 1.165) is 0 Å². The van der Waals surface area contributed by atoms with Gasteiger partial charge in [-0.2, -0.15) is 5.10 Å². The lowest BCUT2D eigenvalue weighted by molar-refractivity contribution is 0.414. The van der Waals surface area contributed by atoms with E-state index in [1.165, 1.54) is 0 Å². The minimum atomic E-state index is -3.45. The van der Waals surface area contributed by atoms with Crippen LogP contribution in [0, 0.1) is 25.7 Å². The standard InChI is InChI=1S/C11H21N3O2S/c1-7(2)8(3)6-12-17(15,16)11-9(4)13-14-10(11)5/h7-8,12H,6H2,1-5H3,(H,13,14). The minimum Gasteiger partial charge on any atom is -0.281 e. The van der Waals surface area contributed by atoms with E-state index in [1.807, 2.05) is 6.92 Å². The number of nitrogens with zero attached hydrogens (tertiary/aromatic N) is 1. The molecule has 0 radical (unpaired) electrons. The maximum absolute atomic E-state index is 12.1. The summed E-state index contributed by atoms with van der Waals surface area (Å²) in [6, 6.07) is 0. The predicted molar refractivity (Wildman–Crippen MR) is 67.3 cm³/mol. The van der Waals surface area contributed by atoms with Crippen LogP contribution in [0.4, 0.5) is 0 Å². The van der Waals surface area contributed by atoms with Crippen molar-refractivity contribution in [3.05, 3.63) is 11.4 Å². The summed E-state index contributed by atoms with van der Waals surface area (Å²) >= 11 is 0. The maximum Gasteiger partial charge on any atom is 0.244 e. The van der Waals surface area contributed by atoms with Crippen molar-refractivity contribution in [3.8, 4) is 0 Å². The van der Waals surface area contributed by atoms with Gasteiger partial charge < -0.3 is 0 Å². The van der Waals surface area contributed by atoms with E-state index in [1.54, 1.807) is 13.8 Å². The molecular formula is C11H21N3O2S. The number of H-pyrrole nitrogens is 1. The van der Waals surface area contributed by atoms with Crippen LogP contribution in [0.3, 0.4) is 0 Å². The zero-order valence-electron chi connectivity index (χ0n) is 11.0. The molecule has 6 heteroatoms. The maximum atomic E-state index is 12.1. The molecule has 0 aliphatic carbocycles. The smallest absolute Gasteiger partial charge is 0.244 e. The Hall–Kier alpha value is -0.880. The fourth-order valence-electron chi connectivity index (χ4n) is 1.49. The molecule has 0 spiro atoms. The lowest BCUT2D eigenvalue weighted by Gasteiger charge is -2.16. The third-order valence-electron chi connectivity index (χ3n) is 3.06. The summed E-state index contributed by atoms with van der Waals surface area (Å²) in [6.07, 6.45) is 0. The number of rotatable bonds is 5. The Morgan fingerprint density at radius 3 is 2.29 bits per heavy atom. The molecule has 0 bridgehead atoms. The first-order chi connectivity index (χ1) is 7.75. The molecule has 0 saturated carbocycles. The van der Waals surface area contributed by atoms with E-state index in [-0.39, 0.29) is 4.90 Å². The van der Waals surface area contributed by atoms with Gasteiger partial charge in [0.05, 0.1) is 11.4 Å². The Morgan fingerprint density at radius 1 is 1.29 bits per heavy atom. The number of aryl methyl sites for hydroxylation is 2. The highest BCUT2D eigenvalue weighted by atomic mass is 32.2. The highest BCUT2D eigenvalue weighted by Gasteiger charge is 2.22. The average molecular weight is 259 g/mol. The molecule has 17 heavy (non-hydrogen) atoms. The van der Waals surface area contributed by atoms with E-state index in [9.17, 15) is 8.42 Å². The van der Waals surface area contributed by atoms with Crippen molar-refractivity contribution < 1.29 is 8.42 Å². The predicted octanol–water partition coefficient (Wildman–Crippen LogP) is 1.60. The van der Waals surface area contributed by atoms with E-state index >= 15 is 0 Å². The second-order valence-corrected chi connectivity index (χ2v) is 6.54. The monoisotopic (exact) mass is 259 g/mol. The van der Waals surface area contributed by atoms with Gasteiger partial charge in [0.25, 0.3) is 0 Å². The summed E-state index contributed by atoms with van der Waals surface area (Å²) in [5.41, 5.74) is 1.08. The minimum absolute atomic E-state index is 0.272. The molecule has 0 saturated heterocycles. The number of hydrogen-bond donors (Lipinski definition) is 2. The second kappa shape index (κ2) is 5.18. The first kappa shape index (κ1) is 14.2. The molecule has 1 aromatic heterocycles. The summed E-state index contributed by atoms with van der Waals surface area (Å²) in [5.74, 6) is 0.751. The van der Waals surface area contributed by atoms with Crippen LogP contribution in [0.1, 0.15) is 32.2 Å². The summed E-state index contributed by atoms with van der Waals surface area (Å²) in [5, 5.41) is 6.58. The van der Waals surface area contributed by atoms with Crippen molar-refractivity contribution in [2.75, 3.05) is 6.54 Å².